The number of hydrogen-bond donors (Lipinski definition) is 2. The summed E-state index contributed by atoms with van der Waals surface area (Å²) >= 11 is 0. The van der Waals surface area contributed by atoms with E-state index in [2.05, 4.69) is 4.98 Å². The fourth-order valence-corrected chi connectivity index (χ4v) is 2.41. The van der Waals surface area contributed by atoms with Crippen LogP contribution in [0.4, 0.5) is 5.69 Å². The van der Waals surface area contributed by atoms with Gasteiger partial charge in [0.05, 0.1) is 30.0 Å². The van der Waals surface area contributed by atoms with Crippen molar-refractivity contribution in [3.8, 4) is 0 Å². The molecule has 5 nitrogen and oxygen atoms in total. The summed E-state index contributed by atoms with van der Waals surface area (Å²) in [6.45, 7) is 2.40. The van der Waals surface area contributed by atoms with Gasteiger partial charge in [0.1, 0.15) is 0 Å². The molecule has 1 aromatic rings. The zero-order valence-electron chi connectivity index (χ0n) is 10.4. The lowest BCUT2D eigenvalue weighted by atomic mass is 10.0. The third-order valence-electron chi connectivity index (χ3n) is 3.44. The molecular formula is C13H18N2O3. The van der Waals surface area contributed by atoms with Crippen LogP contribution >= 0.6 is 0 Å². The van der Waals surface area contributed by atoms with Crippen LogP contribution in [0.1, 0.15) is 19.8 Å². The van der Waals surface area contributed by atoms with Crippen LogP contribution in [0.15, 0.2) is 24.5 Å². The van der Waals surface area contributed by atoms with E-state index in [1.54, 1.807) is 23.4 Å². The summed E-state index contributed by atoms with van der Waals surface area (Å²) in [7, 11) is 0. The SMILES string of the molecule is CCN(C(=O)C1CCC(O)C1O)c1cccnc1. The van der Waals surface area contributed by atoms with Gasteiger partial charge in [-0.3, -0.25) is 9.78 Å². The Hall–Kier alpha value is -1.46. The molecular weight excluding hydrogens is 232 g/mol. The van der Waals surface area contributed by atoms with Crippen molar-refractivity contribution in [3.05, 3.63) is 24.5 Å². The number of anilines is 1. The summed E-state index contributed by atoms with van der Waals surface area (Å²) in [5.41, 5.74) is 0.721. The Bertz CT molecular complexity index is 410. The molecule has 1 aromatic heterocycles. The Balaban J connectivity index is 2.16. The molecule has 0 bridgehead atoms. The van der Waals surface area contributed by atoms with E-state index >= 15 is 0 Å². The van der Waals surface area contributed by atoms with E-state index in [1.165, 1.54) is 0 Å². The summed E-state index contributed by atoms with van der Waals surface area (Å²) in [6, 6.07) is 3.58. The fourth-order valence-electron chi connectivity index (χ4n) is 2.41. The molecule has 3 atom stereocenters. The normalized spacial score (nSPS) is 27.2. The molecule has 1 aliphatic rings. The molecule has 0 aliphatic heterocycles. The van der Waals surface area contributed by atoms with Crippen molar-refractivity contribution in [2.75, 3.05) is 11.4 Å². The van der Waals surface area contributed by atoms with Crippen molar-refractivity contribution < 1.29 is 15.0 Å². The number of amides is 1. The van der Waals surface area contributed by atoms with Gasteiger partial charge in [-0.15, -0.1) is 0 Å². The molecule has 1 aliphatic carbocycles. The van der Waals surface area contributed by atoms with E-state index in [4.69, 9.17) is 0 Å². The average molecular weight is 250 g/mol. The van der Waals surface area contributed by atoms with Crippen molar-refractivity contribution in [3.63, 3.8) is 0 Å². The number of hydrogen-bond acceptors (Lipinski definition) is 4. The molecule has 0 aromatic carbocycles. The lowest BCUT2D eigenvalue weighted by Crippen LogP contribution is -2.41. The van der Waals surface area contributed by atoms with E-state index < -0.39 is 18.1 Å². The van der Waals surface area contributed by atoms with Gasteiger partial charge >= 0.3 is 0 Å². The van der Waals surface area contributed by atoms with Crippen LogP contribution in [-0.2, 0) is 4.79 Å². The number of aliphatic hydroxyl groups excluding tert-OH is 2. The van der Waals surface area contributed by atoms with E-state index in [-0.39, 0.29) is 5.91 Å². The van der Waals surface area contributed by atoms with Crippen LogP contribution in [0.5, 0.6) is 0 Å². The molecule has 0 spiro atoms. The number of nitrogens with zero attached hydrogens (tertiary/aromatic N) is 2. The number of aliphatic hydroxyl groups is 2. The number of carbonyl (C=O) groups is 1. The second-order valence-electron chi connectivity index (χ2n) is 4.54. The first-order valence-electron chi connectivity index (χ1n) is 6.22. The first-order chi connectivity index (χ1) is 8.65. The Kier molecular flexibility index (Phi) is 3.93. The van der Waals surface area contributed by atoms with E-state index in [0.717, 1.165) is 5.69 Å². The molecule has 5 heteroatoms. The zero-order valence-corrected chi connectivity index (χ0v) is 10.4. The smallest absolute Gasteiger partial charge is 0.232 e. The van der Waals surface area contributed by atoms with Crippen LogP contribution in [0, 0.1) is 5.92 Å². The van der Waals surface area contributed by atoms with E-state index in [9.17, 15) is 15.0 Å². The van der Waals surface area contributed by atoms with Crippen molar-refractivity contribution in [1.82, 2.24) is 4.98 Å². The van der Waals surface area contributed by atoms with Gasteiger partial charge in [0.2, 0.25) is 5.91 Å². The molecule has 1 saturated carbocycles. The van der Waals surface area contributed by atoms with Gasteiger partial charge in [-0.05, 0) is 31.9 Å². The van der Waals surface area contributed by atoms with Gasteiger partial charge in [0.25, 0.3) is 0 Å². The molecule has 3 unspecified atom stereocenters. The van der Waals surface area contributed by atoms with E-state index in [1.807, 2.05) is 13.0 Å². The Morgan fingerprint density at radius 2 is 2.28 bits per heavy atom. The molecule has 0 saturated heterocycles. The van der Waals surface area contributed by atoms with Crippen molar-refractivity contribution in [2.24, 2.45) is 5.92 Å². The largest absolute Gasteiger partial charge is 0.390 e. The highest BCUT2D eigenvalue weighted by Gasteiger charge is 2.40. The number of rotatable bonds is 3. The van der Waals surface area contributed by atoms with Gasteiger partial charge < -0.3 is 15.1 Å². The van der Waals surface area contributed by atoms with Crippen LogP contribution in [0.3, 0.4) is 0 Å². The fraction of sp³-hybridized carbons (Fsp3) is 0.538. The number of aromatic nitrogens is 1. The molecule has 2 N–H and O–H groups in total. The van der Waals surface area contributed by atoms with Gasteiger partial charge in [-0.1, -0.05) is 0 Å². The molecule has 98 valence electrons. The second-order valence-corrected chi connectivity index (χ2v) is 4.54. The molecule has 0 radical (unpaired) electrons. The summed E-state index contributed by atoms with van der Waals surface area (Å²) in [5, 5.41) is 19.3. The Labute approximate surface area is 106 Å². The van der Waals surface area contributed by atoms with Gasteiger partial charge in [0.15, 0.2) is 0 Å². The van der Waals surface area contributed by atoms with Crippen molar-refractivity contribution >= 4 is 11.6 Å². The maximum Gasteiger partial charge on any atom is 0.232 e. The van der Waals surface area contributed by atoms with Crippen molar-refractivity contribution in [2.45, 2.75) is 32.0 Å². The monoisotopic (exact) mass is 250 g/mol. The standard InChI is InChI=1S/C13H18N2O3/c1-2-15(9-4-3-7-14-8-9)13(18)10-5-6-11(16)12(10)17/h3-4,7-8,10-12,16-17H,2,5-6H2,1H3. The third-order valence-corrected chi connectivity index (χ3v) is 3.44. The van der Waals surface area contributed by atoms with Gasteiger partial charge in [0, 0.05) is 12.7 Å². The minimum Gasteiger partial charge on any atom is -0.390 e. The summed E-state index contributed by atoms with van der Waals surface area (Å²) in [6.07, 6.45) is 2.53. The minimum atomic E-state index is -0.955. The number of carbonyl (C=O) groups excluding carboxylic acids is 1. The van der Waals surface area contributed by atoms with Crippen LogP contribution < -0.4 is 4.90 Å². The summed E-state index contributed by atoms with van der Waals surface area (Å²) in [5.74, 6) is -0.658. The highest BCUT2D eigenvalue weighted by atomic mass is 16.3. The first-order valence-corrected chi connectivity index (χ1v) is 6.22. The summed E-state index contributed by atoms with van der Waals surface area (Å²) < 4.78 is 0. The van der Waals surface area contributed by atoms with Gasteiger partial charge in [-0.25, -0.2) is 0 Å². The Morgan fingerprint density at radius 3 is 2.78 bits per heavy atom. The maximum atomic E-state index is 12.4. The quantitative estimate of drug-likeness (QED) is 0.822. The average Bonchev–Trinajstić information content (AvgIpc) is 2.72. The first kappa shape index (κ1) is 13.0. The molecule has 1 heterocycles. The maximum absolute atomic E-state index is 12.4. The highest BCUT2D eigenvalue weighted by Crippen LogP contribution is 2.29. The molecule has 1 amide bonds. The highest BCUT2D eigenvalue weighted by molar-refractivity contribution is 5.95. The van der Waals surface area contributed by atoms with Crippen LogP contribution in [0.2, 0.25) is 0 Å². The molecule has 2 rings (SSSR count). The summed E-state index contributed by atoms with van der Waals surface area (Å²) in [4.78, 5) is 17.9. The topological polar surface area (TPSA) is 73.7 Å². The van der Waals surface area contributed by atoms with Crippen LogP contribution in [-0.4, -0.2) is 39.9 Å². The predicted octanol–water partition coefficient (Wildman–Crippen LogP) is 0.566. The lowest BCUT2D eigenvalue weighted by Gasteiger charge is -2.25. The zero-order chi connectivity index (χ0) is 13.1. The Morgan fingerprint density at radius 1 is 1.50 bits per heavy atom. The minimum absolute atomic E-state index is 0.144. The van der Waals surface area contributed by atoms with E-state index in [0.29, 0.717) is 19.4 Å². The number of pyridine rings is 1. The van der Waals surface area contributed by atoms with Crippen molar-refractivity contribution in [1.29, 1.82) is 0 Å². The van der Waals surface area contributed by atoms with Gasteiger partial charge in [-0.2, -0.15) is 0 Å². The lowest BCUT2D eigenvalue weighted by molar-refractivity contribution is -0.126. The predicted molar refractivity (Wildman–Crippen MR) is 67.0 cm³/mol. The second kappa shape index (κ2) is 5.46. The van der Waals surface area contributed by atoms with Crippen LogP contribution in [0.25, 0.3) is 0 Å². The molecule has 1 fully saturated rings. The molecule has 18 heavy (non-hydrogen) atoms. The third kappa shape index (κ3) is 2.37.